The first-order valence-corrected chi connectivity index (χ1v) is 6.22. The van der Waals surface area contributed by atoms with E-state index in [-0.39, 0.29) is 5.97 Å². The molecule has 1 aliphatic heterocycles. The summed E-state index contributed by atoms with van der Waals surface area (Å²) in [5.41, 5.74) is 0.163. The average molecular weight is 241 g/mol. The summed E-state index contributed by atoms with van der Waals surface area (Å²) in [4.78, 5) is 16.2. The molecule has 0 spiro atoms. The van der Waals surface area contributed by atoms with E-state index in [1.54, 1.807) is 11.3 Å². The van der Waals surface area contributed by atoms with E-state index in [0.717, 1.165) is 23.5 Å². The lowest BCUT2D eigenvalue weighted by Crippen LogP contribution is -2.53. The van der Waals surface area contributed by atoms with Crippen molar-refractivity contribution in [2.24, 2.45) is 0 Å². The van der Waals surface area contributed by atoms with E-state index in [4.69, 9.17) is 9.47 Å². The van der Waals surface area contributed by atoms with Gasteiger partial charge >= 0.3 is 5.97 Å². The SMILES string of the molecule is CCCc1nc(C2(C(=O)OC)COC2)cs1. The van der Waals surface area contributed by atoms with Crippen LogP contribution in [0.15, 0.2) is 5.38 Å². The van der Waals surface area contributed by atoms with Gasteiger partial charge < -0.3 is 9.47 Å². The van der Waals surface area contributed by atoms with E-state index in [2.05, 4.69) is 11.9 Å². The molecule has 1 saturated heterocycles. The van der Waals surface area contributed by atoms with Gasteiger partial charge in [0.2, 0.25) is 0 Å². The molecule has 1 fully saturated rings. The Bertz CT molecular complexity index is 384. The van der Waals surface area contributed by atoms with Crippen LogP contribution >= 0.6 is 11.3 Å². The van der Waals surface area contributed by atoms with Gasteiger partial charge in [0.05, 0.1) is 31.0 Å². The first kappa shape index (κ1) is 11.5. The third-order valence-electron chi connectivity index (χ3n) is 2.78. The number of aromatic nitrogens is 1. The minimum absolute atomic E-state index is 0.243. The first-order valence-electron chi connectivity index (χ1n) is 5.34. The summed E-state index contributed by atoms with van der Waals surface area (Å²) in [7, 11) is 1.40. The quantitative estimate of drug-likeness (QED) is 0.750. The average Bonchev–Trinajstić information content (AvgIpc) is 2.65. The predicted molar refractivity (Wildman–Crippen MR) is 60.6 cm³/mol. The van der Waals surface area contributed by atoms with Crippen LogP contribution in [-0.2, 0) is 26.1 Å². The van der Waals surface area contributed by atoms with Gasteiger partial charge in [-0.05, 0) is 12.8 Å². The molecular formula is C11H15NO3S. The van der Waals surface area contributed by atoms with Crippen molar-refractivity contribution in [2.75, 3.05) is 20.3 Å². The molecule has 0 unspecified atom stereocenters. The number of nitrogens with zero attached hydrogens (tertiary/aromatic N) is 1. The smallest absolute Gasteiger partial charge is 0.322 e. The summed E-state index contributed by atoms with van der Waals surface area (Å²) in [5, 5.41) is 3.03. The van der Waals surface area contributed by atoms with Crippen molar-refractivity contribution in [1.82, 2.24) is 4.98 Å². The summed E-state index contributed by atoms with van der Waals surface area (Å²) in [6.07, 6.45) is 2.03. The summed E-state index contributed by atoms with van der Waals surface area (Å²) in [6.45, 7) is 2.88. The second-order valence-corrected chi connectivity index (χ2v) is 4.89. The lowest BCUT2D eigenvalue weighted by atomic mass is 9.83. The van der Waals surface area contributed by atoms with Crippen LogP contribution < -0.4 is 0 Å². The first-order chi connectivity index (χ1) is 7.73. The maximum atomic E-state index is 11.7. The zero-order chi connectivity index (χ0) is 11.6. The number of rotatable bonds is 4. The van der Waals surface area contributed by atoms with Gasteiger partial charge in [0, 0.05) is 5.38 Å². The Morgan fingerprint density at radius 2 is 2.44 bits per heavy atom. The molecule has 0 aromatic carbocycles. The second-order valence-electron chi connectivity index (χ2n) is 3.94. The third kappa shape index (κ3) is 1.74. The third-order valence-corrected chi connectivity index (χ3v) is 3.69. The van der Waals surface area contributed by atoms with Crippen molar-refractivity contribution in [3.63, 3.8) is 0 Å². The highest BCUT2D eigenvalue weighted by Crippen LogP contribution is 2.34. The van der Waals surface area contributed by atoms with Crippen LogP contribution in [0.4, 0.5) is 0 Å². The van der Waals surface area contributed by atoms with Crippen LogP contribution in [0.1, 0.15) is 24.0 Å². The number of ether oxygens (including phenoxy) is 2. The Morgan fingerprint density at radius 1 is 1.69 bits per heavy atom. The van der Waals surface area contributed by atoms with Crippen molar-refractivity contribution in [2.45, 2.75) is 25.2 Å². The fourth-order valence-electron chi connectivity index (χ4n) is 1.73. The Balaban J connectivity index is 2.23. The zero-order valence-corrected chi connectivity index (χ0v) is 10.3. The van der Waals surface area contributed by atoms with Gasteiger partial charge in [-0.25, -0.2) is 4.98 Å². The second kappa shape index (κ2) is 4.51. The molecule has 1 aromatic rings. The van der Waals surface area contributed by atoms with E-state index in [9.17, 15) is 4.79 Å². The van der Waals surface area contributed by atoms with Crippen molar-refractivity contribution in [1.29, 1.82) is 0 Å². The van der Waals surface area contributed by atoms with Gasteiger partial charge in [0.15, 0.2) is 5.41 Å². The number of methoxy groups -OCH3 is 1. The van der Waals surface area contributed by atoms with Crippen LogP contribution in [0, 0.1) is 0 Å². The predicted octanol–water partition coefficient (Wildman–Crippen LogP) is 1.54. The summed E-state index contributed by atoms with van der Waals surface area (Å²) in [5.74, 6) is -0.243. The molecule has 1 aromatic heterocycles. The lowest BCUT2D eigenvalue weighted by Gasteiger charge is -2.36. The Hall–Kier alpha value is -0.940. The fraction of sp³-hybridized carbons (Fsp3) is 0.636. The molecule has 2 rings (SSSR count). The number of carbonyl (C=O) groups is 1. The van der Waals surface area contributed by atoms with E-state index in [1.807, 2.05) is 5.38 Å². The van der Waals surface area contributed by atoms with E-state index in [1.165, 1.54) is 7.11 Å². The van der Waals surface area contributed by atoms with Gasteiger partial charge in [0.25, 0.3) is 0 Å². The minimum Gasteiger partial charge on any atom is -0.468 e. The van der Waals surface area contributed by atoms with Crippen LogP contribution in [0.5, 0.6) is 0 Å². The Morgan fingerprint density at radius 3 is 2.94 bits per heavy atom. The molecule has 1 aliphatic rings. The zero-order valence-electron chi connectivity index (χ0n) is 9.49. The molecular weight excluding hydrogens is 226 g/mol. The van der Waals surface area contributed by atoms with Crippen LogP contribution in [0.25, 0.3) is 0 Å². The molecule has 0 N–H and O–H groups in total. The number of thiazole rings is 1. The summed E-state index contributed by atoms with van der Waals surface area (Å²) < 4.78 is 9.98. The molecule has 0 amide bonds. The minimum atomic E-state index is -0.642. The highest BCUT2D eigenvalue weighted by atomic mass is 32.1. The molecule has 88 valence electrons. The van der Waals surface area contributed by atoms with Gasteiger partial charge in [0.1, 0.15) is 0 Å². The highest BCUT2D eigenvalue weighted by molar-refractivity contribution is 7.09. The molecule has 2 heterocycles. The molecule has 0 saturated carbocycles. The van der Waals surface area contributed by atoms with Gasteiger partial charge in [-0.15, -0.1) is 11.3 Å². The van der Waals surface area contributed by atoms with Crippen molar-refractivity contribution in [3.05, 3.63) is 16.1 Å². The van der Waals surface area contributed by atoms with Crippen LogP contribution in [-0.4, -0.2) is 31.3 Å². The number of hydrogen-bond donors (Lipinski definition) is 0. The molecule has 16 heavy (non-hydrogen) atoms. The number of esters is 1. The molecule has 4 nitrogen and oxygen atoms in total. The largest absolute Gasteiger partial charge is 0.468 e. The monoisotopic (exact) mass is 241 g/mol. The molecule has 0 bridgehead atoms. The van der Waals surface area contributed by atoms with Crippen LogP contribution in [0.3, 0.4) is 0 Å². The Kier molecular flexibility index (Phi) is 3.25. The van der Waals surface area contributed by atoms with Crippen molar-refractivity contribution >= 4 is 17.3 Å². The van der Waals surface area contributed by atoms with E-state index < -0.39 is 5.41 Å². The molecule has 0 radical (unpaired) electrons. The topological polar surface area (TPSA) is 48.4 Å². The lowest BCUT2D eigenvalue weighted by molar-refractivity contribution is -0.167. The number of aryl methyl sites for hydroxylation is 1. The Labute approximate surface area is 98.6 Å². The molecule has 0 atom stereocenters. The number of carbonyl (C=O) groups excluding carboxylic acids is 1. The number of hydrogen-bond acceptors (Lipinski definition) is 5. The van der Waals surface area contributed by atoms with Crippen molar-refractivity contribution < 1.29 is 14.3 Å². The summed E-state index contributed by atoms with van der Waals surface area (Å²) in [6, 6.07) is 0. The van der Waals surface area contributed by atoms with Gasteiger partial charge in [-0.3, -0.25) is 4.79 Å². The highest BCUT2D eigenvalue weighted by Gasteiger charge is 2.50. The van der Waals surface area contributed by atoms with Crippen molar-refractivity contribution in [3.8, 4) is 0 Å². The van der Waals surface area contributed by atoms with Crippen LogP contribution in [0.2, 0.25) is 0 Å². The fourth-order valence-corrected chi connectivity index (χ4v) is 2.73. The standard InChI is InChI=1S/C11H15NO3S/c1-3-4-9-12-8(5-16-9)11(6-15-7-11)10(13)14-2/h5H,3-4,6-7H2,1-2H3. The normalized spacial score (nSPS) is 17.9. The maximum Gasteiger partial charge on any atom is 0.322 e. The van der Waals surface area contributed by atoms with E-state index in [0.29, 0.717) is 13.2 Å². The van der Waals surface area contributed by atoms with Gasteiger partial charge in [-0.2, -0.15) is 0 Å². The molecule has 0 aliphatic carbocycles. The van der Waals surface area contributed by atoms with E-state index >= 15 is 0 Å². The molecule has 5 heteroatoms. The summed E-state index contributed by atoms with van der Waals surface area (Å²) >= 11 is 1.60. The maximum absolute atomic E-state index is 11.7. The van der Waals surface area contributed by atoms with Gasteiger partial charge in [-0.1, -0.05) is 6.92 Å².